The molecule has 1 aliphatic heterocycles. The highest BCUT2D eigenvalue weighted by Gasteiger charge is 2.28. The van der Waals surface area contributed by atoms with Gasteiger partial charge >= 0.3 is 0 Å². The number of amides is 2. The highest BCUT2D eigenvalue weighted by molar-refractivity contribution is 6.01. The van der Waals surface area contributed by atoms with E-state index in [1.165, 1.54) is 12.1 Å². The van der Waals surface area contributed by atoms with Crippen molar-refractivity contribution in [2.75, 3.05) is 52.3 Å². The SMILES string of the molecule is COc1cccc(C(=O)N2CCN(C(=O)c3cc([N+](=O)[O-])ccc3N(C)C)CC2)c1. The Morgan fingerprint density at radius 2 is 1.63 bits per heavy atom. The Labute approximate surface area is 174 Å². The Morgan fingerprint density at radius 3 is 2.20 bits per heavy atom. The van der Waals surface area contributed by atoms with E-state index in [9.17, 15) is 19.7 Å². The molecule has 0 bridgehead atoms. The second kappa shape index (κ2) is 8.81. The Morgan fingerprint density at radius 1 is 1.00 bits per heavy atom. The number of nitro benzene ring substituents is 1. The quantitative estimate of drug-likeness (QED) is 0.552. The summed E-state index contributed by atoms with van der Waals surface area (Å²) < 4.78 is 5.17. The summed E-state index contributed by atoms with van der Waals surface area (Å²) in [5.74, 6) is 0.206. The van der Waals surface area contributed by atoms with Gasteiger partial charge in [-0.25, -0.2) is 0 Å². The zero-order valence-corrected chi connectivity index (χ0v) is 17.2. The third-order valence-electron chi connectivity index (χ3n) is 5.07. The number of benzene rings is 2. The third kappa shape index (κ3) is 4.35. The van der Waals surface area contributed by atoms with Crippen LogP contribution in [0, 0.1) is 10.1 Å². The van der Waals surface area contributed by atoms with E-state index in [0.29, 0.717) is 43.2 Å². The lowest BCUT2D eigenvalue weighted by Gasteiger charge is -2.35. The molecule has 1 heterocycles. The fourth-order valence-corrected chi connectivity index (χ4v) is 3.42. The first-order valence-corrected chi connectivity index (χ1v) is 9.50. The number of hydrogen-bond acceptors (Lipinski definition) is 6. The molecule has 158 valence electrons. The van der Waals surface area contributed by atoms with Crippen LogP contribution < -0.4 is 9.64 Å². The fraction of sp³-hybridized carbons (Fsp3) is 0.333. The minimum atomic E-state index is -0.513. The molecule has 0 aromatic heterocycles. The van der Waals surface area contributed by atoms with E-state index >= 15 is 0 Å². The van der Waals surface area contributed by atoms with Crippen molar-refractivity contribution in [2.24, 2.45) is 0 Å². The van der Waals surface area contributed by atoms with Gasteiger partial charge in [0, 0.05) is 63.7 Å². The number of nitro groups is 1. The lowest BCUT2D eigenvalue weighted by atomic mass is 10.1. The number of nitrogens with zero attached hydrogens (tertiary/aromatic N) is 4. The molecule has 2 amide bonds. The number of carbonyl (C=O) groups is 2. The van der Waals surface area contributed by atoms with Gasteiger partial charge in [0.1, 0.15) is 5.75 Å². The van der Waals surface area contributed by atoms with Crippen LogP contribution in [0.3, 0.4) is 0 Å². The summed E-state index contributed by atoms with van der Waals surface area (Å²) in [7, 11) is 5.11. The van der Waals surface area contributed by atoms with Gasteiger partial charge in [0.25, 0.3) is 17.5 Å². The van der Waals surface area contributed by atoms with Crippen LogP contribution in [0.4, 0.5) is 11.4 Å². The lowest BCUT2D eigenvalue weighted by molar-refractivity contribution is -0.384. The van der Waals surface area contributed by atoms with Crippen molar-refractivity contribution < 1.29 is 19.2 Å². The number of methoxy groups -OCH3 is 1. The molecule has 1 fully saturated rings. The molecule has 9 nitrogen and oxygen atoms in total. The number of piperazine rings is 1. The van der Waals surface area contributed by atoms with Crippen molar-refractivity contribution in [1.29, 1.82) is 0 Å². The molecule has 1 aliphatic rings. The monoisotopic (exact) mass is 412 g/mol. The lowest BCUT2D eigenvalue weighted by Crippen LogP contribution is -2.50. The number of rotatable bonds is 5. The van der Waals surface area contributed by atoms with E-state index in [1.54, 1.807) is 66.2 Å². The van der Waals surface area contributed by atoms with Crippen LogP contribution in [0.15, 0.2) is 42.5 Å². The largest absolute Gasteiger partial charge is 0.497 e. The van der Waals surface area contributed by atoms with Gasteiger partial charge in [0.05, 0.1) is 17.6 Å². The van der Waals surface area contributed by atoms with Crippen LogP contribution in [-0.4, -0.2) is 73.9 Å². The molecule has 30 heavy (non-hydrogen) atoms. The number of anilines is 1. The molecule has 3 rings (SSSR count). The zero-order chi connectivity index (χ0) is 21.8. The summed E-state index contributed by atoms with van der Waals surface area (Å²) in [6, 6.07) is 11.2. The van der Waals surface area contributed by atoms with E-state index in [1.807, 2.05) is 0 Å². The van der Waals surface area contributed by atoms with Gasteiger partial charge in [-0.2, -0.15) is 0 Å². The third-order valence-corrected chi connectivity index (χ3v) is 5.07. The van der Waals surface area contributed by atoms with Crippen LogP contribution in [0.25, 0.3) is 0 Å². The van der Waals surface area contributed by atoms with E-state index in [2.05, 4.69) is 0 Å². The van der Waals surface area contributed by atoms with Gasteiger partial charge in [-0.05, 0) is 24.3 Å². The molecule has 2 aromatic carbocycles. The van der Waals surface area contributed by atoms with Crippen molar-refractivity contribution in [2.45, 2.75) is 0 Å². The second-order valence-corrected chi connectivity index (χ2v) is 7.17. The molecule has 9 heteroatoms. The van der Waals surface area contributed by atoms with E-state index in [4.69, 9.17) is 4.74 Å². The standard InChI is InChI=1S/C21H24N4O5/c1-22(2)19-8-7-16(25(28)29)14-18(19)21(27)24-11-9-23(10-12-24)20(26)15-5-4-6-17(13-15)30-3/h4-8,13-14H,9-12H2,1-3H3. The maximum atomic E-state index is 13.1. The summed E-state index contributed by atoms with van der Waals surface area (Å²) in [4.78, 5) is 41.6. The summed E-state index contributed by atoms with van der Waals surface area (Å²) >= 11 is 0. The predicted octanol–water partition coefficient (Wildman–Crippen LogP) is 2.27. The minimum Gasteiger partial charge on any atom is -0.497 e. The zero-order valence-electron chi connectivity index (χ0n) is 17.2. The average Bonchev–Trinajstić information content (AvgIpc) is 2.77. The van der Waals surface area contributed by atoms with Crippen LogP contribution in [0.2, 0.25) is 0 Å². The number of hydrogen-bond donors (Lipinski definition) is 0. The van der Waals surface area contributed by atoms with Gasteiger partial charge in [-0.3, -0.25) is 19.7 Å². The summed E-state index contributed by atoms with van der Waals surface area (Å²) in [5, 5.41) is 11.1. The molecular formula is C21H24N4O5. The minimum absolute atomic E-state index is 0.120. The average molecular weight is 412 g/mol. The van der Waals surface area contributed by atoms with Gasteiger partial charge in [-0.15, -0.1) is 0 Å². The van der Waals surface area contributed by atoms with Crippen molar-refractivity contribution in [3.05, 3.63) is 63.7 Å². The first-order chi connectivity index (χ1) is 14.3. The van der Waals surface area contributed by atoms with Crippen LogP contribution >= 0.6 is 0 Å². The maximum absolute atomic E-state index is 13.1. The second-order valence-electron chi connectivity index (χ2n) is 7.17. The van der Waals surface area contributed by atoms with E-state index in [-0.39, 0.29) is 23.1 Å². The van der Waals surface area contributed by atoms with Crippen molar-refractivity contribution in [3.8, 4) is 5.75 Å². The Bertz CT molecular complexity index is 968. The number of carbonyl (C=O) groups excluding carboxylic acids is 2. The number of ether oxygens (including phenoxy) is 1. The molecule has 0 atom stereocenters. The Kier molecular flexibility index (Phi) is 6.20. The first kappa shape index (κ1) is 21.1. The normalized spacial score (nSPS) is 13.7. The molecule has 0 spiro atoms. The predicted molar refractivity (Wildman–Crippen MR) is 112 cm³/mol. The van der Waals surface area contributed by atoms with Crippen LogP contribution in [0.5, 0.6) is 5.75 Å². The van der Waals surface area contributed by atoms with Crippen LogP contribution in [0.1, 0.15) is 20.7 Å². The smallest absolute Gasteiger partial charge is 0.270 e. The molecular weight excluding hydrogens is 388 g/mol. The van der Waals surface area contributed by atoms with Crippen molar-refractivity contribution >= 4 is 23.2 Å². The molecule has 2 aromatic rings. The highest BCUT2D eigenvalue weighted by atomic mass is 16.6. The molecule has 0 radical (unpaired) electrons. The van der Waals surface area contributed by atoms with E-state index < -0.39 is 4.92 Å². The van der Waals surface area contributed by atoms with Crippen LogP contribution in [-0.2, 0) is 0 Å². The summed E-state index contributed by atoms with van der Waals surface area (Å²) in [6.45, 7) is 1.47. The highest BCUT2D eigenvalue weighted by Crippen LogP contribution is 2.26. The van der Waals surface area contributed by atoms with Crippen molar-refractivity contribution in [1.82, 2.24) is 9.80 Å². The molecule has 1 saturated heterocycles. The molecule has 0 aliphatic carbocycles. The maximum Gasteiger partial charge on any atom is 0.270 e. The molecule has 0 N–H and O–H groups in total. The van der Waals surface area contributed by atoms with Gasteiger partial charge in [-0.1, -0.05) is 6.07 Å². The first-order valence-electron chi connectivity index (χ1n) is 9.50. The molecule has 0 saturated carbocycles. The summed E-state index contributed by atoms with van der Waals surface area (Å²) in [5.41, 5.74) is 1.29. The summed E-state index contributed by atoms with van der Waals surface area (Å²) in [6.07, 6.45) is 0. The van der Waals surface area contributed by atoms with E-state index in [0.717, 1.165) is 0 Å². The van der Waals surface area contributed by atoms with Gasteiger partial charge < -0.3 is 19.4 Å². The van der Waals surface area contributed by atoms with Crippen molar-refractivity contribution in [3.63, 3.8) is 0 Å². The topological polar surface area (TPSA) is 96.2 Å². The van der Waals surface area contributed by atoms with Gasteiger partial charge in [0.2, 0.25) is 0 Å². The number of non-ortho nitro benzene ring substituents is 1. The Hall–Kier alpha value is -3.62. The molecule has 0 unspecified atom stereocenters. The van der Waals surface area contributed by atoms with Gasteiger partial charge in [0.15, 0.2) is 0 Å². The Balaban J connectivity index is 1.73. The fourth-order valence-electron chi connectivity index (χ4n) is 3.42.